The zero-order valence-electron chi connectivity index (χ0n) is 10.5. The van der Waals surface area contributed by atoms with Gasteiger partial charge < -0.3 is 10.4 Å². The number of nitrogens with one attached hydrogen (secondary N) is 2. The molecule has 106 valence electrons. The van der Waals surface area contributed by atoms with E-state index in [1.165, 1.54) is 11.2 Å². The molecule has 2 heterocycles. The van der Waals surface area contributed by atoms with Crippen molar-refractivity contribution in [1.29, 1.82) is 0 Å². The van der Waals surface area contributed by atoms with E-state index in [2.05, 4.69) is 15.5 Å². The van der Waals surface area contributed by atoms with Gasteiger partial charge in [0.1, 0.15) is 4.90 Å². The van der Waals surface area contributed by atoms with Gasteiger partial charge in [0.2, 0.25) is 10.0 Å². The van der Waals surface area contributed by atoms with Crippen LogP contribution in [0.15, 0.2) is 4.90 Å². The van der Waals surface area contributed by atoms with E-state index in [0.29, 0.717) is 26.1 Å². The van der Waals surface area contributed by atoms with Crippen LogP contribution in [0.3, 0.4) is 0 Å². The number of H-pyrrole nitrogens is 1. The standard InChI is InChI=1S/C10H16N4O4S/c1-7-9(8(10(15)16)13-12-7)19(17,18)14-5-2-3-11-4-6-14/h11H,2-6H2,1H3,(H,12,13)(H,15,16). The van der Waals surface area contributed by atoms with Crippen LogP contribution in [0.4, 0.5) is 0 Å². The monoisotopic (exact) mass is 288 g/mol. The van der Waals surface area contributed by atoms with E-state index < -0.39 is 21.7 Å². The number of hydrogen-bond acceptors (Lipinski definition) is 5. The number of aromatic amines is 1. The molecule has 1 aliphatic heterocycles. The molecule has 1 saturated heterocycles. The first-order valence-electron chi connectivity index (χ1n) is 5.93. The van der Waals surface area contributed by atoms with E-state index in [0.717, 1.165) is 6.54 Å². The zero-order valence-corrected chi connectivity index (χ0v) is 11.3. The fourth-order valence-electron chi connectivity index (χ4n) is 2.07. The van der Waals surface area contributed by atoms with Crippen LogP contribution < -0.4 is 5.32 Å². The Morgan fingerprint density at radius 2 is 2.11 bits per heavy atom. The minimum absolute atomic E-state index is 0.234. The van der Waals surface area contributed by atoms with Gasteiger partial charge in [-0.15, -0.1) is 0 Å². The molecule has 8 nitrogen and oxygen atoms in total. The summed E-state index contributed by atoms with van der Waals surface area (Å²) in [4.78, 5) is 10.8. The molecule has 9 heteroatoms. The van der Waals surface area contributed by atoms with Gasteiger partial charge >= 0.3 is 5.97 Å². The number of sulfonamides is 1. The number of nitrogens with zero attached hydrogens (tertiary/aromatic N) is 2. The molecule has 0 unspecified atom stereocenters. The highest BCUT2D eigenvalue weighted by molar-refractivity contribution is 7.89. The van der Waals surface area contributed by atoms with Gasteiger partial charge in [0.15, 0.2) is 5.69 Å². The Morgan fingerprint density at radius 3 is 2.79 bits per heavy atom. The maximum absolute atomic E-state index is 12.5. The molecule has 1 aromatic rings. The molecule has 1 aliphatic rings. The van der Waals surface area contributed by atoms with Gasteiger partial charge in [-0.25, -0.2) is 13.2 Å². The highest BCUT2D eigenvalue weighted by Gasteiger charge is 2.33. The summed E-state index contributed by atoms with van der Waals surface area (Å²) in [5.74, 6) is -1.35. The summed E-state index contributed by atoms with van der Waals surface area (Å²) in [5.41, 5.74) is -0.204. The number of carbonyl (C=O) groups is 1. The summed E-state index contributed by atoms with van der Waals surface area (Å²) in [6.45, 7) is 3.51. The molecule has 0 radical (unpaired) electrons. The van der Waals surface area contributed by atoms with Crippen molar-refractivity contribution in [2.75, 3.05) is 26.2 Å². The summed E-state index contributed by atoms with van der Waals surface area (Å²) in [6.07, 6.45) is 0.693. The molecule has 0 saturated carbocycles. The van der Waals surface area contributed by atoms with E-state index in [-0.39, 0.29) is 10.6 Å². The van der Waals surface area contributed by atoms with Crippen molar-refractivity contribution in [3.05, 3.63) is 11.4 Å². The van der Waals surface area contributed by atoms with Crippen LogP contribution >= 0.6 is 0 Å². The maximum Gasteiger partial charge on any atom is 0.357 e. The van der Waals surface area contributed by atoms with Crippen molar-refractivity contribution < 1.29 is 18.3 Å². The number of carboxylic acid groups (broad SMARTS) is 1. The Bertz CT molecular complexity index is 572. The summed E-state index contributed by atoms with van der Waals surface area (Å²) >= 11 is 0. The number of aromatic nitrogens is 2. The van der Waals surface area contributed by atoms with Crippen LogP contribution in [0, 0.1) is 6.92 Å². The van der Waals surface area contributed by atoms with E-state index >= 15 is 0 Å². The van der Waals surface area contributed by atoms with Gasteiger partial charge in [0, 0.05) is 19.6 Å². The highest BCUT2D eigenvalue weighted by Crippen LogP contribution is 2.22. The van der Waals surface area contributed by atoms with Crippen LogP contribution in [-0.2, 0) is 10.0 Å². The highest BCUT2D eigenvalue weighted by atomic mass is 32.2. The van der Waals surface area contributed by atoms with E-state index in [1.54, 1.807) is 0 Å². The zero-order chi connectivity index (χ0) is 14.0. The van der Waals surface area contributed by atoms with Gasteiger partial charge in [0.05, 0.1) is 5.69 Å². The maximum atomic E-state index is 12.5. The molecule has 0 spiro atoms. The largest absolute Gasteiger partial charge is 0.476 e. The number of hydrogen-bond donors (Lipinski definition) is 3. The third-order valence-electron chi connectivity index (χ3n) is 2.99. The Kier molecular flexibility index (Phi) is 3.88. The summed E-state index contributed by atoms with van der Waals surface area (Å²) in [6, 6.07) is 0. The quantitative estimate of drug-likeness (QED) is 0.684. The van der Waals surface area contributed by atoms with Crippen LogP contribution in [0.25, 0.3) is 0 Å². The Balaban J connectivity index is 2.43. The molecule has 19 heavy (non-hydrogen) atoms. The summed E-state index contributed by atoms with van der Waals surface area (Å²) < 4.78 is 26.3. The van der Waals surface area contributed by atoms with Gasteiger partial charge in [0.25, 0.3) is 0 Å². The van der Waals surface area contributed by atoms with Gasteiger partial charge in [-0.05, 0) is 19.9 Å². The molecular formula is C10H16N4O4S. The van der Waals surface area contributed by atoms with Gasteiger partial charge in [-0.3, -0.25) is 5.10 Å². The van der Waals surface area contributed by atoms with Crippen LogP contribution in [-0.4, -0.2) is 60.2 Å². The second-order valence-electron chi connectivity index (χ2n) is 4.34. The van der Waals surface area contributed by atoms with E-state index in [4.69, 9.17) is 5.11 Å². The smallest absolute Gasteiger partial charge is 0.357 e. The molecular weight excluding hydrogens is 272 g/mol. The second-order valence-corrected chi connectivity index (χ2v) is 6.21. The first-order valence-corrected chi connectivity index (χ1v) is 7.37. The molecule has 0 aromatic carbocycles. The lowest BCUT2D eigenvalue weighted by molar-refractivity contribution is 0.0686. The topological polar surface area (TPSA) is 115 Å². The SMILES string of the molecule is Cc1[nH]nc(C(=O)O)c1S(=O)(=O)N1CCCNCC1. The Morgan fingerprint density at radius 1 is 1.37 bits per heavy atom. The van der Waals surface area contributed by atoms with Crippen molar-refractivity contribution >= 4 is 16.0 Å². The molecule has 0 bridgehead atoms. The third kappa shape index (κ3) is 2.62. The van der Waals surface area contributed by atoms with Crippen molar-refractivity contribution in [3.63, 3.8) is 0 Å². The summed E-state index contributed by atoms with van der Waals surface area (Å²) in [7, 11) is -3.83. The van der Waals surface area contributed by atoms with Crippen molar-refractivity contribution in [1.82, 2.24) is 19.8 Å². The minimum atomic E-state index is -3.83. The van der Waals surface area contributed by atoms with Crippen molar-refractivity contribution in [3.8, 4) is 0 Å². The van der Waals surface area contributed by atoms with E-state index in [1.807, 2.05) is 0 Å². The molecule has 1 aromatic heterocycles. The average molecular weight is 288 g/mol. The molecule has 0 aliphatic carbocycles. The fraction of sp³-hybridized carbons (Fsp3) is 0.600. The van der Waals surface area contributed by atoms with Gasteiger partial charge in [-0.1, -0.05) is 0 Å². The molecule has 3 N–H and O–H groups in total. The van der Waals surface area contributed by atoms with Crippen LogP contribution in [0.5, 0.6) is 0 Å². The van der Waals surface area contributed by atoms with E-state index in [9.17, 15) is 13.2 Å². The predicted molar refractivity (Wildman–Crippen MR) is 66.5 cm³/mol. The molecule has 0 amide bonds. The number of rotatable bonds is 3. The minimum Gasteiger partial charge on any atom is -0.476 e. The third-order valence-corrected chi connectivity index (χ3v) is 5.05. The lowest BCUT2D eigenvalue weighted by atomic mass is 10.4. The normalized spacial score (nSPS) is 18.2. The average Bonchev–Trinajstić information content (AvgIpc) is 2.58. The number of aromatic carboxylic acids is 1. The first-order chi connectivity index (χ1) is 8.94. The molecule has 1 fully saturated rings. The Labute approximate surface area is 110 Å². The lowest BCUT2D eigenvalue weighted by Crippen LogP contribution is -2.35. The Hall–Kier alpha value is -1.45. The second kappa shape index (κ2) is 5.27. The fourth-order valence-corrected chi connectivity index (χ4v) is 3.84. The van der Waals surface area contributed by atoms with Crippen molar-refractivity contribution in [2.24, 2.45) is 0 Å². The predicted octanol–water partition coefficient (Wildman–Crippen LogP) is -0.600. The van der Waals surface area contributed by atoms with Gasteiger partial charge in [-0.2, -0.15) is 9.40 Å². The van der Waals surface area contributed by atoms with Crippen LogP contribution in [0.1, 0.15) is 22.6 Å². The summed E-state index contributed by atoms with van der Waals surface area (Å²) in [5, 5.41) is 18.1. The van der Waals surface area contributed by atoms with Crippen molar-refractivity contribution in [2.45, 2.75) is 18.2 Å². The van der Waals surface area contributed by atoms with Crippen LogP contribution in [0.2, 0.25) is 0 Å². The first kappa shape index (κ1) is 14.0. The lowest BCUT2D eigenvalue weighted by Gasteiger charge is -2.19. The number of aryl methyl sites for hydroxylation is 1. The number of carboxylic acids is 1. The molecule has 0 atom stereocenters. The molecule has 2 rings (SSSR count).